The topological polar surface area (TPSA) is 158 Å². The van der Waals surface area contributed by atoms with Gasteiger partial charge in [-0.1, -0.05) is 0 Å². The van der Waals surface area contributed by atoms with Crippen molar-refractivity contribution in [1.82, 2.24) is 19.5 Å². The number of nitrogen functional groups attached to an aromatic ring is 1. The normalized spacial score (nSPS) is 23.7. The summed E-state index contributed by atoms with van der Waals surface area (Å²) in [6.07, 6.45) is -2.76. The molecule has 1 aliphatic rings. The molecular weight excluding hydrogens is 454 g/mol. The minimum Gasteiger partial charge on any atom is -0.463 e. The van der Waals surface area contributed by atoms with Crippen LogP contribution in [-0.2, 0) is 33.3 Å². The third kappa shape index (κ3) is 4.29. The lowest BCUT2D eigenvalue weighted by atomic mass is 10.1. The number of hydrogen-bond donors (Lipinski definition) is 1. The highest BCUT2D eigenvalue weighted by atomic mass is 79.9. The molecule has 1 saturated heterocycles. The van der Waals surface area contributed by atoms with E-state index in [0.717, 1.165) is 0 Å². The summed E-state index contributed by atoms with van der Waals surface area (Å²) in [6, 6.07) is 0. The average Bonchev–Trinajstić information content (AvgIpc) is 3.11. The molecule has 2 aromatic heterocycles. The Kier molecular flexibility index (Phi) is 5.98. The molecule has 12 nitrogen and oxygen atoms in total. The summed E-state index contributed by atoms with van der Waals surface area (Å²) in [5.41, 5.74) is 6.46. The summed E-state index contributed by atoms with van der Waals surface area (Å²) in [4.78, 5) is 47.0. The lowest BCUT2D eigenvalue weighted by molar-refractivity contribution is -0.166. The van der Waals surface area contributed by atoms with Crippen molar-refractivity contribution >= 4 is 50.8 Å². The van der Waals surface area contributed by atoms with Crippen molar-refractivity contribution in [1.29, 1.82) is 0 Å². The lowest BCUT2D eigenvalue weighted by Gasteiger charge is -2.24. The van der Waals surface area contributed by atoms with Crippen molar-refractivity contribution in [2.45, 2.75) is 45.3 Å². The van der Waals surface area contributed by atoms with Gasteiger partial charge in [-0.2, -0.15) is 0 Å². The number of imidazole rings is 1. The summed E-state index contributed by atoms with van der Waals surface area (Å²) in [6.45, 7) is 3.43. The molecular formula is C16H18BrN5O7. The predicted octanol–water partition coefficient (Wildman–Crippen LogP) is 0.495. The number of hydrogen-bond acceptors (Lipinski definition) is 11. The Morgan fingerprint density at radius 1 is 1.14 bits per heavy atom. The summed E-state index contributed by atoms with van der Waals surface area (Å²) in [5, 5.41) is 0. The van der Waals surface area contributed by atoms with E-state index in [1.165, 1.54) is 31.7 Å². The summed E-state index contributed by atoms with van der Waals surface area (Å²) in [5.74, 6) is -1.64. The summed E-state index contributed by atoms with van der Waals surface area (Å²) in [7, 11) is 0. The van der Waals surface area contributed by atoms with Crippen LogP contribution in [0.4, 0.5) is 5.82 Å². The number of ether oxygens (including phenoxy) is 4. The maximum absolute atomic E-state index is 11.7. The number of rotatable bonds is 5. The van der Waals surface area contributed by atoms with E-state index in [0.29, 0.717) is 11.2 Å². The molecule has 13 heteroatoms. The zero-order valence-electron chi connectivity index (χ0n) is 15.7. The first kappa shape index (κ1) is 20.9. The van der Waals surface area contributed by atoms with Gasteiger partial charge in [0.1, 0.15) is 19.0 Å². The highest BCUT2D eigenvalue weighted by Gasteiger charge is 2.51. The van der Waals surface area contributed by atoms with Crippen molar-refractivity contribution < 1.29 is 33.3 Å². The molecule has 3 rings (SSSR count). The minimum atomic E-state index is -1.07. The molecule has 1 fully saturated rings. The van der Waals surface area contributed by atoms with Crippen LogP contribution in [0.1, 0.15) is 27.0 Å². The zero-order valence-corrected chi connectivity index (χ0v) is 17.3. The summed E-state index contributed by atoms with van der Waals surface area (Å²) < 4.78 is 23.5. The van der Waals surface area contributed by atoms with Gasteiger partial charge in [0.05, 0.1) is 0 Å². The van der Waals surface area contributed by atoms with Crippen LogP contribution in [0.25, 0.3) is 11.2 Å². The fourth-order valence-electron chi connectivity index (χ4n) is 3.03. The van der Waals surface area contributed by atoms with Gasteiger partial charge in [0.2, 0.25) is 0 Å². The Labute approximate surface area is 172 Å². The Hall–Kier alpha value is -2.80. The van der Waals surface area contributed by atoms with Crippen molar-refractivity contribution in [2.24, 2.45) is 0 Å². The van der Waals surface area contributed by atoms with Gasteiger partial charge in [-0.3, -0.25) is 19.0 Å². The van der Waals surface area contributed by atoms with E-state index in [4.69, 9.17) is 24.7 Å². The van der Waals surface area contributed by atoms with E-state index < -0.39 is 42.4 Å². The van der Waals surface area contributed by atoms with E-state index in [2.05, 4.69) is 30.9 Å². The number of halogens is 1. The van der Waals surface area contributed by atoms with Gasteiger partial charge < -0.3 is 24.7 Å². The second kappa shape index (κ2) is 8.29. The smallest absolute Gasteiger partial charge is 0.303 e. The number of esters is 3. The third-order valence-corrected chi connectivity index (χ3v) is 4.62. The van der Waals surface area contributed by atoms with Gasteiger partial charge in [0, 0.05) is 20.8 Å². The number of anilines is 1. The highest BCUT2D eigenvalue weighted by Crippen LogP contribution is 2.38. The Morgan fingerprint density at radius 2 is 1.79 bits per heavy atom. The molecule has 4 atom stereocenters. The number of nitrogens with two attached hydrogens (primary N) is 1. The first-order valence-electron chi connectivity index (χ1n) is 8.46. The number of carbonyl (C=O) groups is 3. The number of aromatic nitrogens is 4. The first-order chi connectivity index (χ1) is 13.7. The van der Waals surface area contributed by atoms with Gasteiger partial charge in [-0.05, 0) is 15.9 Å². The summed E-state index contributed by atoms with van der Waals surface area (Å²) >= 11 is 3.32. The van der Waals surface area contributed by atoms with Crippen molar-refractivity contribution in [2.75, 3.05) is 12.3 Å². The molecule has 4 unspecified atom stereocenters. The van der Waals surface area contributed by atoms with E-state index in [9.17, 15) is 14.4 Å². The lowest BCUT2D eigenvalue weighted by Crippen LogP contribution is -2.40. The molecule has 0 spiro atoms. The van der Waals surface area contributed by atoms with Gasteiger partial charge in [0.25, 0.3) is 0 Å². The van der Waals surface area contributed by atoms with E-state index in [-0.39, 0.29) is 17.2 Å². The standard InChI is InChI=1S/C16H18BrN5O7/c1-6(23)26-4-9-11(27-7(2)24)12(28-8(3)25)15(29-9)22-14-10(21-16(22)17)13(18)19-5-20-14/h5,9,11-12,15H,4H2,1-3H3,(H2,18,19,20). The Bertz CT molecular complexity index is 965. The largest absolute Gasteiger partial charge is 0.463 e. The third-order valence-electron chi connectivity index (χ3n) is 4.06. The van der Waals surface area contributed by atoms with Crippen LogP contribution in [-0.4, -0.2) is 62.3 Å². The molecule has 2 N–H and O–H groups in total. The molecule has 0 aliphatic carbocycles. The Morgan fingerprint density at radius 3 is 2.41 bits per heavy atom. The Balaban J connectivity index is 2.07. The van der Waals surface area contributed by atoms with Crippen molar-refractivity contribution in [3.05, 3.63) is 11.1 Å². The van der Waals surface area contributed by atoms with Crippen LogP contribution in [0.15, 0.2) is 11.1 Å². The molecule has 0 aromatic carbocycles. The monoisotopic (exact) mass is 471 g/mol. The second-order valence-electron chi connectivity index (χ2n) is 6.20. The molecule has 0 saturated carbocycles. The maximum atomic E-state index is 11.7. The molecule has 3 heterocycles. The average molecular weight is 472 g/mol. The molecule has 1 aliphatic heterocycles. The van der Waals surface area contributed by atoms with Gasteiger partial charge in [-0.25, -0.2) is 15.0 Å². The van der Waals surface area contributed by atoms with Gasteiger partial charge in [-0.15, -0.1) is 0 Å². The SMILES string of the molecule is CC(=O)OCC1OC(n2c(Br)nc3c(N)ncnc32)C(OC(C)=O)C1OC(C)=O. The fourth-order valence-corrected chi connectivity index (χ4v) is 3.57. The van der Waals surface area contributed by atoms with Gasteiger partial charge in [0.15, 0.2) is 40.2 Å². The molecule has 0 bridgehead atoms. The predicted molar refractivity (Wildman–Crippen MR) is 99.1 cm³/mol. The second-order valence-corrected chi connectivity index (χ2v) is 6.91. The fraction of sp³-hybridized carbons (Fsp3) is 0.500. The van der Waals surface area contributed by atoms with Crippen LogP contribution in [0, 0.1) is 0 Å². The maximum Gasteiger partial charge on any atom is 0.303 e. The van der Waals surface area contributed by atoms with Crippen LogP contribution < -0.4 is 5.73 Å². The van der Waals surface area contributed by atoms with Crippen molar-refractivity contribution in [3.63, 3.8) is 0 Å². The van der Waals surface area contributed by atoms with E-state index in [1.54, 1.807) is 0 Å². The minimum absolute atomic E-state index is 0.143. The van der Waals surface area contributed by atoms with E-state index in [1.807, 2.05) is 0 Å². The van der Waals surface area contributed by atoms with Crippen LogP contribution >= 0.6 is 15.9 Å². The quantitative estimate of drug-likeness (QED) is 0.367. The first-order valence-corrected chi connectivity index (χ1v) is 9.25. The van der Waals surface area contributed by atoms with E-state index >= 15 is 0 Å². The molecule has 0 amide bonds. The van der Waals surface area contributed by atoms with Crippen LogP contribution in [0.3, 0.4) is 0 Å². The molecule has 156 valence electrons. The highest BCUT2D eigenvalue weighted by molar-refractivity contribution is 9.10. The van der Waals surface area contributed by atoms with Crippen molar-refractivity contribution in [3.8, 4) is 0 Å². The molecule has 0 radical (unpaired) electrons. The number of nitrogens with zero attached hydrogens (tertiary/aromatic N) is 4. The molecule has 29 heavy (non-hydrogen) atoms. The van der Waals surface area contributed by atoms with Gasteiger partial charge >= 0.3 is 17.9 Å². The molecule has 2 aromatic rings. The number of fused-ring (bicyclic) bond motifs is 1. The van der Waals surface area contributed by atoms with Crippen LogP contribution in [0.2, 0.25) is 0 Å². The van der Waals surface area contributed by atoms with Crippen LogP contribution in [0.5, 0.6) is 0 Å². The zero-order chi connectivity index (χ0) is 21.3. The number of carbonyl (C=O) groups excluding carboxylic acids is 3.